The van der Waals surface area contributed by atoms with Crippen LogP contribution in [-0.4, -0.2) is 19.0 Å². The maximum Gasteiger partial charge on any atom is 0.416 e. The Hall–Kier alpha value is -2.87. The van der Waals surface area contributed by atoms with Crippen molar-refractivity contribution in [2.45, 2.75) is 13.1 Å². The molecule has 29 heavy (non-hydrogen) atoms. The molecular weight excluding hydrogens is 451 g/mol. The van der Waals surface area contributed by atoms with Crippen molar-refractivity contribution in [2.75, 3.05) is 12.0 Å². The first-order valence-electron chi connectivity index (χ1n) is 8.42. The van der Waals surface area contributed by atoms with E-state index >= 15 is 0 Å². The Morgan fingerprint density at radius 1 is 1.07 bits per heavy atom. The second-order valence-corrected chi connectivity index (χ2v) is 7.16. The Kier molecular flexibility index (Phi) is 5.66. The number of alkyl halides is 3. The molecule has 1 amide bonds. The molecule has 0 N–H and O–H groups in total. The van der Waals surface area contributed by atoms with E-state index in [1.807, 2.05) is 0 Å². The van der Waals surface area contributed by atoms with E-state index in [1.54, 1.807) is 37.3 Å². The van der Waals surface area contributed by atoms with Gasteiger partial charge in [0.25, 0.3) is 5.91 Å². The summed E-state index contributed by atoms with van der Waals surface area (Å²) in [6.07, 6.45) is -2.93. The Balaban J connectivity index is 2.08. The maximum atomic E-state index is 13.1. The first-order valence-corrected chi connectivity index (χ1v) is 9.21. The second kappa shape index (κ2) is 7.87. The fourth-order valence-electron chi connectivity index (χ4n) is 3.02. The lowest BCUT2D eigenvalue weighted by Gasteiger charge is -2.18. The smallest absolute Gasteiger partial charge is 0.416 e. The Morgan fingerprint density at radius 3 is 2.17 bits per heavy atom. The highest BCUT2D eigenvalue weighted by Gasteiger charge is 2.38. The van der Waals surface area contributed by atoms with E-state index in [1.165, 1.54) is 24.1 Å². The number of nitrogens with zero attached hydrogens (tertiary/aromatic N) is 1. The largest absolute Gasteiger partial charge is 0.465 e. The van der Waals surface area contributed by atoms with Crippen molar-refractivity contribution in [3.8, 4) is 0 Å². The zero-order chi connectivity index (χ0) is 21.3. The molecule has 2 aromatic carbocycles. The van der Waals surface area contributed by atoms with Gasteiger partial charge in [-0.25, -0.2) is 4.79 Å². The third kappa shape index (κ3) is 4.12. The minimum atomic E-state index is -4.48. The maximum absolute atomic E-state index is 13.1. The Morgan fingerprint density at radius 2 is 1.66 bits per heavy atom. The van der Waals surface area contributed by atoms with Crippen molar-refractivity contribution in [2.24, 2.45) is 0 Å². The molecule has 8 heteroatoms. The number of methoxy groups -OCH3 is 1. The van der Waals surface area contributed by atoms with Crippen molar-refractivity contribution >= 4 is 39.6 Å². The van der Waals surface area contributed by atoms with Gasteiger partial charge in [-0.15, -0.1) is 0 Å². The van der Waals surface area contributed by atoms with Crippen LogP contribution in [0.3, 0.4) is 0 Å². The third-order valence-electron chi connectivity index (χ3n) is 4.42. The number of rotatable bonds is 3. The van der Waals surface area contributed by atoms with Crippen molar-refractivity contribution in [3.05, 3.63) is 81.0 Å². The van der Waals surface area contributed by atoms with Crippen LogP contribution in [0.5, 0.6) is 0 Å². The van der Waals surface area contributed by atoms with Gasteiger partial charge in [-0.05, 0) is 55.0 Å². The molecule has 0 atom stereocenters. The Bertz CT molecular complexity index is 1020. The van der Waals surface area contributed by atoms with Crippen LogP contribution < -0.4 is 4.90 Å². The van der Waals surface area contributed by atoms with Crippen molar-refractivity contribution < 1.29 is 27.5 Å². The lowest BCUT2D eigenvalue weighted by molar-refractivity contribution is -0.137. The van der Waals surface area contributed by atoms with Gasteiger partial charge in [0.05, 0.1) is 23.8 Å². The number of hydrogen-bond acceptors (Lipinski definition) is 3. The molecule has 0 unspecified atom stereocenters. The van der Waals surface area contributed by atoms with E-state index in [9.17, 15) is 22.8 Å². The van der Waals surface area contributed by atoms with Crippen LogP contribution in [-0.2, 0) is 20.5 Å². The molecule has 1 aliphatic heterocycles. The van der Waals surface area contributed by atoms with Gasteiger partial charge in [0.1, 0.15) is 0 Å². The number of carbonyl (C=O) groups is 2. The van der Waals surface area contributed by atoms with E-state index in [0.717, 1.165) is 16.6 Å². The molecule has 0 spiro atoms. The summed E-state index contributed by atoms with van der Waals surface area (Å²) in [6, 6.07) is 11.3. The molecule has 0 bridgehead atoms. The standard InChI is InChI=1S/C21H15BrF3NO3/c1-12-18(20(28)29-2)17(11-13-3-7-15(22)8-4-13)19(27)26(12)16-9-5-14(6-10-16)21(23,24)25/h3-11H,1-2H3/b17-11-. The van der Waals surface area contributed by atoms with Crippen LogP contribution in [0.15, 0.2) is 69.8 Å². The lowest BCUT2D eigenvalue weighted by atomic mass is 10.0. The van der Waals surface area contributed by atoms with E-state index in [2.05, 4.69) is 15.9 Å². The summed E-state index contributed by atoms with van der Waals surface area (Å²) >= 11 is 3.33. The van der Waals surface area contributed by atoms with Gasteiger partial charge in [-0.1, -0.05) is 28.1 Å². The molecule has 0 aliphatic carbocycles. The highest BCUT2D eigenvalue weighted by atomic mass is 79.9. The van der Waals surface area contributed by atoms with Crippen LogP contribution >= 0.6 is 15.9 Å². The fourth-order valence-corrected chi connectivity index (χ4v) is 3.28. The van der Waals surface area contributed by atoms with Crippen LogP contribution in [0.4, 0.5) is 18.9 Å². The molecule has 4 nitrogen and oxygen atoms in total. The van der Waals surface area contributed by atoms with E-state index in [4.69, 9.17) is 4.74 Å². The number of amides is 1. The van der Waals surface area contributed by atoms with Gasteiger partial charge in [-0.2, -0.15) is 13.2 Å². The summed E-state index contributed by atoms with van der Waals surface area (Å²) in [5.41, 5.74) is 0.538. The molecule has 150 valence electrons. The predicted octanol–water partition coefficient (Wildman–Crippen LogP) is 5.35. The summed E-state index contributed by atoms with van der Waals surface area (Å²) in [4.78, 5) is 26.6. The van der Waals surface area contributed by atoms with Gasteiger partial charge in [0.15, 0.2) is 0 Å². The van der Waals surface area contributed by atoms with Crippen LogP contribution in [0.1, 0.15) is 18.1 Å². The van der Waals surface area contributed by atoms with Crippen molar-refractivity contribution in [3.63, 3.8) is 0 Å². The minimum absolute atomic E-state index is 0.0697. The SMILES string of the molecule is COC(=O)C1=C(C)N(c2ccc(C(F)(F)F)cc2)C(=O)/C1=C\c1ccc(Br)cc1. The molecule has 0 aromatic heterocycles. The number of benzene rings is 2. The number of halogens is 4. The number of carbonyl (C=O) groups excluding carboxylic acids is 2. The number of ether oxygens (including phenoxy) is 1. The number of anilines is 1. The molecule has 0 fully saturated rings. The number of esters is 1. The predicted molar refractivity (Wildman–Crippen MR) is 106 cm³/mol. The van der Waals surface area contributed by atoms with Gasteiger partial charge in [-0.3, -0.25) is 9.69 Å². The van der Waals surface area contributed by atoms with E-state index in [-0.39, 0.29) is 22.5 Å². The minimum Gasteiger partial charge on any atom is -0.465 e. The summed E-state index contributed by atoms with van der Waals surface area (Å²) in [6.45, 7) is 1.55. The fraction of sp³-hybridized carbons (Fsp3) is 0.143. The highest BCUT2D eigenvalue weighted by Crippen LogP contribution is 2.37. The summed E-state index contributed by atoms with van der Waals surface area (Å²) in [5.74, 6) is -1.22. The van der Waals surface area contributed by atoms with E-state index in [0.29, 0.717) is 5.56 Å². The molecule has 1 heterocycles. The zero-order valence-corrected chi connectivity index (χ0v) is 17.0. The second-order valence-electron chi connectivity index (χ2n) is 6.25. The van der Waals surface area contributed by atoms with Crippen LogP contribution in [0.2, 0.25) is 0 Å². The van der Waals surface area contributed by atoms with Gasteiger partial charge in [0.2, 0.25) is 0 Å². The average molecular weight is 466 g/mol. The number of allylic oxidation sites excluding steroid dienone is 1. The van der Waals surface area contributed by atoms with E-state index < -0.39 is 23.6 Å². The monoisotopic (exact) mass is 465 g/mol. The van der Waals surface area contributed by atoms with Crippen LogP contribution in [0.25, 0.3) is 6.08 Å². The number of hydrogen-bond donors (Lipinski definition) is 0. The zero-order valence-electron chi connectivity index (χ0n) is 15.4. The topological polar surface area (TPSA) is 46.6 Å². The summed E-state index contributed by atoms with van der Waals surface area (Å²) in [7, 11) is 1.20. The quantitative estimate of drug-likeness (QED) is 0.453. The molecule has 0 saturated carbocycles. The molecule has 0 saturated heterocycles. The molecule has 1 aliphatic rings. The third-order valence-corrected chi connectivity index (χ3v) is 4.95. The normalized spacial score (nSPS) is 16.0. The molecule has 2 aromatic rings. The summed E-state index contributed by atoms with van der Waals surface area (Å²) < 4.78 is 44.2. The highest BCUT2D eigenvalue weighted by molar-refractivity contribution is 9.10. The van der Waals surface area contributed by atoms with Gasteiger partial charge < -0.3 is 4.74 Å². The molecule has 0 radical (unpaired) electrons. The Labute approximate surface area is 173 Å². The first kappa shape index (κ1) is 20.9. The van der Waals surface area contributed by atoms with Crippen molar-refractivity contribution in [1.29, 1.82) is 0 Å². The van der Waals surface area contributed by atoms with Crippen LogP contribution in [0, 0.1) is 0 Å². The average Bonchev–Trinajstić information content (AvgIpc) is 2.92. The lowest BCUT2D eigenvalue weighted by Crippen LogP contribution is -2.24. The first-order chi connectivity index (χ1) is 13.6. The molecular formula is C21H15BrF3NO3. The summed E-state index contributed by atoms with van der Waals surface area (Å²) in [5, 5.41) is 0. The van der Waals surface area contributed by atoms with Crippen molar-refractivity contribution in [1.82, 2.24) is 0 Å². The molecule has 3 rings (SSSR count). The van der Waals surface area contributed by atoms with Gasteiger partial charge >= 0.3 is 12.1 Å². The van der Waals surface area contributed by atoms with Gasteiger partial charge in [0, 0.05) is 15.9 Å².